The molecule has 0 radical (unpaired) electrons. The Hall–Kier alpha value is -3.30. The molecule has 0 heterocycles. The summed E-state index contributed by atoms with van der Waals surface area (Å²) in [6.45, 7) is 7.29. The fourth-order valence-electron chi connectivity index (χ4n) is 4.46. The number of hydrogen-bond acceptors (Lipinski definition) is 3. The van der Waals surface area contributed by atoms with Crippen molar-refractivity contribution in [3.05, 3.63) is 83.9 Å². The molecule has 0 atom stereocenters. The zero-order valence-corrected chi connectivity index (χ0v) is 20.2. The highest BCUT2D eigenvalue weighted by atomic mass is 16.5. The van der Waals surface area contributed by atoms with E-state index in [0.717, 1.165) is 34.6 Å². The number of ether oxygens (including phenoxy) is 2. The summed E-state index contributed by atoms with van der Waals surface area (Å²) in [7, 11) is 3.37. The van der Waals surface area contributed by atoms with Crippen LogP contribution < -0.4 is 15.2 Å². The predicted octanol–water partition coefficient (Wildman–Crippen LogP) is 6.99. The lowest BCUT2D eigenvalue weighted by atomic mass is 9.86. The Bertz CT molecular complexity index is 1270. The summed E-state index contributed by atoms with van der Waals surface area (Å²) in [6, 6.07) is 26.2. The van der Waals surface area contributed by atoms with Crippen LogP contribution in [0.5, 0.6) is 11.5 Å². The quantitative estimate of drug-likeness (QED) is 0.352. The van der Waals surface area contributed by atoms with Crippen molar-refractivity contribution in [1.29, 1.82) is 0 Å². The minimum atomic E-state index is 0.145. The SMILES string of the molecule is COc1c(CCN)ccc(-c2ccc3c(-c4ccc(C(C)(C)C)cc4)cccc3c2)c1OC. The minimum absolute atomic E-state index is 0.145. The summed E-state index contributed by atoms with van der Waals surface area (Å²) < 4.78 is 11.5. The molecule has 0 bridgehead atoms. The lowest BCUT2D eigenvalue weighted by Gasteiger charge is -2.19. The third kappa shape index (κ3) is 4.46. The van der Waals surface area contributed by atoms with Crippen LogP contribution in [0.4, 0.5) is 0 Å². The highest BCUT2D eigenvalue weighted by Gasteiger charge is 2.17. The van der Waals surface area contributed by atoms with Crippen molar-refractivity contribution in [2.45, 2.75) is 32.6 Å². The molecule has 0 aliphatic carbocycles. The highest BCUT2D eigenvalue weighted by molar-refractivity contribution is 5.99. The average Bonchev–Trinajstić information content (AvgIpc) is 2.82. The lowest BCUT2D eigenvalue weighted by molar-refractivity contribution is 0.353. The molecule has 0 amide bonds. The molecule has 2 N–H and O–H groups in total. The van der Waals surface area contributed by atoms with E-state index in [2.05, 4.69) is 93.6 Å². The molecule has 0 fully saturated rings. The zero-order valence-electron chi connectivity index (χ0n) is 20.2. The van der Waals surface area contributed by atoms with Crippen LogP contribution in [0.2, 0.25) is 0 Å². The first-order valence-corrected chi connectivity index (χ1v) is 11.5. The van der Waals surface area contributed by atoms with E-state index in [1.807, 2.05) is 0 Å². The predicted molar refractivity (Wildman–Crippen MR) is 139 cm³/mol. The maximum atomic E-state index is 5.79. The third-order valence-corrected chi connectivity index (χ3v) is 6.27. The summed E-state index contributed by atoms with van der Waals surface area (Å²) in [5, 5.41) is 2.42. The van der Waals surface area contributed by atoms with E-state index in [-0.39, 0.29) is 5.41 Å². The number of rotatable bonds is 6. The average molecular weight is 440 g/mol. The van der Waals surface area contributed by atoms with E-state index < -0.39 is 0 Å². The summed E-state index contributed by atoms with van der Waals surface area (Å²) >= 11 is 0. The van der Waals surface area contributed by atoms with Gasteiger partial charge >= 0.3 is 0 Å². The number of hydrogen-bond donors (Lipinski definition) is 1. The van der Waals surface area contributed by atoms with Crippen LogP contribution in [0.25, 0.3) is 33.0 Å². The molecule has 3 heteroatoms. The van der Waals surface area contributed by atoms with E-state index in [1.165, 1.54) is 27.5 Å². The van der Waals surface area contributed by atoms with Crippen molar-refractivity contribution in [2.24, 2.45) is 5.73 Å². The van der Waals surface area contributed by atoms with Crippen molar-refractivity contribution >= 4 is 10.8 Å². The Labute approximate surface area is 197 Å². The first-order valence-electron chi connectivity index (χ1n) is 11.5. The topological polar surface area (TPSA) is 44.5 Å². The first kappa shape index (κ1) is 22.9. The van der Waals surface area contributed by atoms with Gasteiger partial charge in [-0.15, -0.1) is 0 Å². The van der Waals surface area contributed by atoms with Crippen LogP contribution in [0.3, 0.4) is 0 Å². The van der Waals surface area contributed by atoms with Crippen LogP contribution in [-0.4, -0.2) is 20.8 Å². The molecule has 4 aromatic carbocycles. The second-order valence-electron chi connectivity index (χ2n) is 9.45. The molecule has 4 aromatic rings. The maximum absolute atomic E-state index is 5.79. The van der Waals surface area contributed by atoms with E-state index in [1.54, 1.807) is 14.2 Å². The van der Waals surface area contributed by atoms with Gasteiger partial charge in [0.25, 0.3) is 0 Å². The summed E-state index contributed by atoms with van der Waals surface area (Å²) in [5.74, 6) is 1.50. The Morgan fingerprint density at radius 2 is 1.42 bits per heavy atom. The summed E-state index contributed by atoms with van der Waals surface area (Å²) in [5.41, 5.74) is 12.9. The Morgan fingerprint density at radius 3 is 2.06 bits per heavy atom. The van der Waals surface area contributed by atoms with Gasteiger partial charge in [0, 0.05) is 5.56 Å². The van der Waals surface area contributed by atoms with Gasteiger partial charge in [0.2, 0.25) is 0 Å². The number of methoxy groups -OCH3 is 2. The van der Waals surface area contributed by atoms with Crippen molar-refractivity contribution in [3.63, 3.8) is 0 Å². The van der Waals surface area contributed by atoms with Crippen molar-refractivity contribution in [3.8, 4) is 33.8 Å². The molecule has 33 heavy (non-hydrogen) atoms. The van der Waals surface area contributed by atoms with Gasteiger partial charge < -0.3 is 15.2 Å². The molecule has 0 aliphatic heterocycles. The minimum Gasteiger partial charge on any atom is -0.493 e. The lowest BCUT2D eigenvalue weighted by Crippen LogP contribution is -2.10. The molecule has 0 saturated heterocycles. The Kier molecular flexibility index (Phi) is 6.44. The largest absolute Gasteiger partial charge is 0.493 e. The molecule has 0 aromatic heterocycles. The van der Waals surface area contributed by atoms with Gasteiger partial charge in [-0.2, -0.15) is 0 Å². The van der Waals surface area contributed by atoms with Crippen molar-refractivity contribution < 1.29 is 9.47 Å². The molecule has 4 rings (SSSR count). The fraction of sp³-hybridized carbons (Fsp3) is 0.267. The van der Waals surface area contributed by atoms with Gasteiger partial charge in [-0.05, 0) is 63.0 Å². The molecule has 0 spiro atoms. The van der Waals surface area contributed by atoms with Crippen LogP contribution in [0, 0.1) is 0 Å². The zero-order chi connectivity index (χ0) is 23.6. The molecule has 0 aliphatic rings. The summed E-state index contributed by atoms with van der Waals surface area (Å²) in [4.78, 5) is 0. The molecule has 0 saturated carbocycles. The summed E-state index contributed by atoms with van der Waals surface area (Å²) in [6.07, 6.45) is 0.745. The third-order valence-electron chi connectivity index (χ3n) is 6.27. The maximum Gasteiger partial charge on any atom is 0.168 e. The molecule has 0 unspecified atom stereocenters. The van der Waals surface area contributed by atoms with Gasteiger partial charge in [-0.1, -0.05) is 87.5 Å². The number of nitrogens with two attached hydrogens (primary N) is 1. The highest BCUT2D eigenvalue weighted by Crippen LogP contribution is 2.42. The Balaban J connectivity index is 1.80. The molecular weight excluding hydrogens is 406 g/mol. The fourth-order valence-corrected chi connectivity index (χ4v) is 4.46. The van der Waals surface area contributed by atoms with Gasteiger partial charge in [0.15, 0.2) is 11.5 Å². The van der Waals surface area contributed by atoms with Gasteiger partial charge in [-0.25, -0.2) is 0 Å². The van der Waals surface area contributed by atoms with E-state index in [4.69, 9.17) is 15.2 Å². The normalized spacial score (nSPS) is 11.6. The van der Waals surface area contributed by atoms with E-state index in [9.17, 15) is 0 Å². The second kappa shape index (κ2) is 9.29. The molecular formula is C30H33NO2. The smallest absolute Gasteiger partial charge is 0.168 e. The molecule has 3 nitrogen and oxygen atoms in total. The van der Waals surface area contributed by atoms with Crippen LogP contribution >= 0.6 is 0 Å². The van der Waals surface area contributed by atoms with Crippen molar-refractivity contribution in [1.82, 2.24) is 0 Å². The Morgan fingerprint density at radius 1 is 0.727 bits per heavy atom. The van der Waals surface area contributed by atoms with Crippen LogP contribution in [-0.2, 0) is 11.8 Å². The van der Waals surface area contributed by atoms with Crippen molar-refractivity contribution in [2.75, 3.05) is 20.8 Å². The van der Waals surface area contributed by atoms with E-state index in [0.29, 0.717) is 6.54 Å². The first-order chi connectivity index (χ1) is 15.9. The number of fused-ring (bicyclic) bond motifs is 1. The molecule has 170 valence electrons. The van der Waals surface area contributed by atoms with Crippen LogP contribution in [0.1, 0.15) is 31.9 Å². The number of benzene rings is 4. The van der Waals surface area contributed by atoms with Gasteiger partial charge in [0.05, 0.1) is 14.2 Å². The second-order valence-corrected chi connectivity index (χ2v) is 9.45. The van der Waals surface area contributed by atoms with E-state index >= 15 is 0 Å². The monoisotopic (exact) mass is 439 g/mol. The van der Waals surface area contributed by atoms with Gasteiger partial charge in [0.1, 0.15) is 0 Å². The van der Waals surface area contributed by atoms with Gasteiger partial charge in [-0.3, -0.25) is 0 Å². The van der Waals surface area contributed by atoms with Crippen LogP contribution in [0.15, 0.2) is 72.8 Å². The standard InChI is InChI=1S/C30H33NO2/c1-30(2,3)24-13-9-20(10-14-24)25-8-6-7-22-19-23(12-15-26(22)25)27-16-11-21(17-18-31)28(32-4)29(27)33-5/h6-16,19H,17-18,31H2,1-5H3.